The highest BCUT2D eigenvalue weighted by Crippen LogP contribution is 2.28. The van der Waals surface area contributed by atoms with Crippen LogP contribution in [-0.2, 0) is 10.0 Å². The van der Waals surface area contributed by atoms with Crippen LogP contribution in [0.4, 0.5) is 5.69 Å². The van der Waals surface area contributed by atoms with Gasteiger partial charge in [0.25, 0.3) is 10.0 Å². The molecule has 4 nitrogen and oxygen atoms in total. The number of methoxy groups -OCH3 is 1. The van der Waals surface area contributed by atoms with Gasteiger partial charge in [0.1, 0.15) is 5.75 Å². The zero-order chi connectivity index (χ0) is 16.5. The fourth-order valence-corrected chi connectivity index (χ4v) is 3.75. The van der Waals surface area contributed by atoms with Gasteiger partial charge in [0.15, 0.2) is 0 Å². The fourth-order valence-electron chi connectivity index (χ4n) is 2.38. The molecule has 2 rings (SSSR count). The summed E-state index contributed by atoms with van der Waals surface area (Å²) in [6, 6.07) is 8.94. The van der Waals surface area contributed by atoms with E-state index < -0.39 is 10.0 Å². The number of hydrogen-bond acceptors (Lipinski definition) is 3. The van der Waals surface area contributed by atoms with Crippen LogP contribution < -0.4 is 9.46 Å². The molecule has 0 aliphatic rings. The molecule has 2 aromatic rings. The summed E-state index contributed by atoms with van der Waals surface area (Å²) in [6.07, 6.45) is 0. The first-order valence-corrected chi connectivity index (χ1v) is 8.49. The molecule has 0 bridgehead atoms. The maximum absolute atomic E-state index is 12.7. The summed E-state index contributed by atoms with van der Waals surface area (Å²) in [7, 11) is -2.13. The predicted molar refractivity (Wildman–Crippen MR) is 89.2 cm³/mol. The highest BCUT2D eigenvalue weighted by molar-refractivity contribution is 7.92. The van der Waals surface area contributed by atoms with Gasteiger partial charge in [-0.25, -0.2) is 8.42 Å². The van der Waals surface area contributed by atoms with Gasteiger partial charge in [-0.3, -0.25) is 4.72 Å². The fraction of sp³-hybridized carbons (Fsp3) is 0.294. The van der Waals surface area contributed by atoms with Crippen LogP contribution in [0.1, 0.15) is 22.3 Å². The molecule has 22 heavy (non-hydrogen) atoms. The van der Waals surface area contributed by atoms with Crippen molar-refractivity contribution in [2.75, 3.05) is 11.8 Å². The zero-order valence-electron chi connectivity index (χ0n) is 13.5. The molecule has 0 spiro atoms. The van der Waals surface area contributed by atoms with Gasteiger partial charge in [0.2, 0.25) is 0 Å². The topological polar surface area (TPSA) is 55.4 Å². The lowest BCUT2D eigenvalue weighted by Crippen LogP contribution is -2.15. The van der Waals surface area contributed by atoms with Crippen LogP contribution in [0, 0.1) is 27.7 Å². The van der Waals surface area contributed by atoms with Crippen LogP contribution in [0.3, 0.4) is 0 Å². The van der Waals surface area contributed by atoms with Gasteiger partial charge in [-0.05, 0) is 56.0 Å². The van der Waals surface area contributed by atoms with Gasteiger partial charge in [-0.2, -0.15) is 0 Å². The largest absolute Gasteiger partial charge is 0.496 e. The third-order valence-electron chi connectivity index (χ3n) is 3.83. The molecule has 118 valence electrons. The van der Waals surface area contributed by atoms with E-state index in [-0.39, 0.29) is 4.90 Å². The number of benzene rings is 2. The maximum Gasteiger partial charge on any atom is 0.262 e. The van der Waals surface area contributed by atoms with E-state index in [1.165, 1.54) is 7.11 Å². The third kappa shape index (κ3) is 3.09. The van der Waals surface area contributed by atoms with E-state index in [1.807, 2.05) is 39.0 Å². The Kier molecular flexibility index (Phi) is 4.47. The number of sulfonamides is 1. The van der Waals surface area contributed by atoms with Crippen molar-refractivity contribution in [2.45, 2.75) is 32.6 Å². The minimum absolute atomic E-state index is 0.232. The summed E-state index contributed by atoms with van der Waals surface area (Å²) in [5.74, 6) is 0.562. The molecule has 2 aromatic carbocycles. The van der Waals surface area contributed by atoms with Crippen LogP contribution in [0.2, 0.25) is 0 Å². The van der Waals surface area contributed by atoms with E-state index in [2.05, 4.69) is 4.72 Å². The van der Waals surface area contributed by atoms with Crippen molar-refractivity contribution in [3.63, 3.8) is 0 Å². The summed E-state index contributed by atoms with van der Waals surface area (Å²) < 4.78 is 33.3. The van der Waals surface area contributed by atoms with Crippen molar-refractivity contribution in [1.29, 1.82) is 0 Å². The van der Waals surface area contributed by atoms with Gasteiger partial charge in [-0.1, -0.05) is 18.2 Å². The summed E-state index contributed by atoms with van der Waals surface area (Å²) in [6.45, 7) is 7.52. The molecule has 0 radical (unpaired) electrons. The molecule has 0 amide bonds. The van der Waals surface area contributed by atoms with Crippen LogP contribution >= 0.6 is 0 Å². The third-order valence-corrected chi connectivity index (χ3v) is 5.34. The Bertz CT molecular complexity index is 811. The Hall–Kier alpha value is -2.01. The van der Waals surface area contributed by atoms with Crippen LogP contribution in [0.25, 0.3) is 0 Å². The molecular weight excluding hydrogens is 298 g/mol. The monoisotopic (exact) mass is 319 g/mol. The number of nitrogens with one attached hydrogen (secondary N) is 1. The average Bonchev–Trinajstić information content (AvgIpc) is 2.43. The lowest BCUT2D eigenvalue weighted by atomic mass is 10.1. The Labute approximate surface area is 132 Å². The van der Waals surface area contributed by atoms with Crippen LogP contribution in [-0.4, -0.2) is 15.5 Å². The van der Waals surface area contributed by atoms with Crippen LogP contribution in [0.15, 0.2) is 35.2 Å². The molecule has 0 heterocycles. The van der Waals surface area contributed by atoms with Crippen molar-refractivity contribution in [1.82, 2.24) is 0 Å². The van der Waals surface area contributed by atoms with E-state index in [0.29, 0.717) is 17.0 Å². The van der Waals surface area contributed by atoms with E-state index in [9.17, 15) is 8.42 Å². The molecule has 0 saturated carbocycles. The van der Waals surface area contributed by atoms with Crippen molar-refractivity contribution in [2.24, 2.45) is 0 Å². The number of aryl methyl sites for hydroxylation is 3. The first-order valence-electron chi connectivity index (χ1n) is 7.00. The molecule has 0 aromatic heterocycles. The Morgan fingerprint density at radius 3 is 2.27 bits per heavy atom. The second kappa shape index (κ2) is 6.01. The van der Waals surface area contributed by atoms with Crippen LogP contribution in [0.5, 0.6) is 5.75 Å². The summed E-state index contributed by atoms with van der Waals surface area (Å²) in [5, 5.41) is 0. The van der Waals surface area contributed by atoms with Crippen molar-refractivity contribution < 1.29 is 13.2 Å². The molecule has 0 fully saturated rings. The lowest BCUT2D eigenvalue weighted by molar-refractivity contribution is 0.410. The maximum atomic E-state index is 12.7. The second-order valence-electron chi connectivity index (χ2n) is 5.44. The van der Waals surface area contributed by atoms with Gasteiger partial charge >= 0.3 is 0 Å². The van der Waals surface area contributed by atoms with Gasteiger partial charge in [-0.15, -0.1) is 0 Å². The minimum Gasteiger partial charge on any atom is -0.496 e. The Morgan fingerprint density at radius 1 is 0.955 bits per heavy atom. The smallest absolute Gasteiger partial charge is 0.262 e. The molecule has 0 saturated heterocycles. The molecule has 0 aliphatic heterocycles. The lowest BCUT2D eigenvalue weighted by Gasteiger charge is -2.15. The Morgan fingerprint density at radius 2 is 1.64 bits per heavy atom. The molecular formula is C17H21NO3S. The van der Waals surface area contributed by atoms with E-state index in [1.54, 1.807) is 19.1 Å². The summed E-state index contributed by atoms with van der Waals surface area (Å²) in [5.41, 5.74) is 4.15. The number of rotatable bonds is 4. The van der Waals surface area contributed by atoms with Crippen molar-refractivity contribution in [3.05, 3.63) is 52.6 Å². The number of hydrogen-bond donors (Lipinski definition) is 1. The second-order valence-corrected chi connectivity index (χ2v) is 7.09. The van der Waals surface area contributed by atoms with E-state index in [4.69, 9.17) is 4.74 Å². The van der Waals surface area contributed by atoms with E-state index in [0.717, 1.165) is 16.7 Å². The van der Waals surface area contributed by atoms with Crippen molar-refractivity contribution in [3.8, 4) is 5.75 Å². The SMILES string of the molecule is COc1cc(S(=O)(=O)Nc2cccc(C)c2C)c(C)cc1C. The number of anilines is 1. The molecule has 0 atom stereocenters. The molecule has 5 heteroatoms. The average molecular weight is 319 g/mol. The quantitative estimate of drug-likeness (QED) is 0.934. The first-order chi connectivity index (χ1) is 10.3. The summed E-state index contributed by atoms with van der Waals surface area (Å²) in [4.78, 5) is 0.232. The van der Waals surface area contributed by atoms with Crippen molar-refractivity contribution >= 4 is 15.7 Å². The highest BCUT2D eigenvalue weighted by atomic mass is 32.2. The normalized spacial score (nSPS) is 11.3. The molecule has 1 N–H and O–H groups in total. The standard InChI is InChI=1S/C17H21NO3S/c1-11-7-6-8-15(14(11)4)18-22(19,20)17-10-16(21-5)12(2)9-13(17)3/h6-10,18H,1-5H3. The van der Waals surface area contributed by atoms with Gasteiger partial charge < -0.3 is 4.74 Å². The zero-order valence-corrected chi connectivity index (χ0v) is 14.3. The molecule has 0 aliphatic carbocycles. The molecule has 0 unspecified atom stereocenters. The predicted octanol–water partition coefficient (Wildman–Crippen LogP) is 3.73. The van der Waals surface area contributed by atoms with Gasteiger partial charge in [0.05, 0.1) is 17.7 Å². The highest BCUT2D eigenvalue weighted by Gasteiger charge is 2.20. The number of ether oxygens (including phenoxy) is 1. The first kappa shape index (κ1) is 16.4. The summed E-state index contributed by atoms with van der Waals surface area (Å²) >= 11 is 0. The van der Waals surface area contributed by atoms with Gasteiger partial charge in [0, 0.05) is 6.07 Å². The Balaban J connectivity index is 2.49. The van der Waals surface area contributed by atoms with E-state index >= 15 is 0 Å². The minimum atomic E-state index is -3.66.